The fourth-order valence-electron chi connectivity index (χ4n) is 3.15. The first kappa shape index (κ1) is 20.2. The van der Waals surface area contributed by atoms with E-state index < -0.39 is 11.5 Å². The lowest BCUT2D eigenvalue weighted by molar-refractivity contribution is -0.123. The molecule has 1 aromatic carbocycles. The maximum Gasteiger partial charge on any atom is 0.231 e. The molecule has 0 saturated heterocycles. The second-order valence-electron chi connectivity index (χ2n) is 8.58. The SMILES string of the molecule is CC(O)CCn1nc(NC(=O)C(C)(C)C)c2cc(-c3ccc4c(c3)OCO4)cnc21. The molecule has 30 heavy (non-hydrogen) atoms. The van der Waals surface area contributed by atoms with E-state index in [1.54, 1.807) is 17.8 Å². The summed E-state index contributed by atoms with van der Waals surface area (Å²) in [5.41, 5.74) is 1.91. The summed E-state index contributed by atoms with van der Waals surface area (Å²) in [5, 5.41) is 17.9. The molecule has 2 aromatic heterocycles. The first-order chi connectivity index (χ1) is 14.2. The summed E-state index contributed by atoms with van der Waals surface area (Å²) < 4.78 is 12.6. The van der Waals surface area contributed by atoms with Crippen LogP contribution in [0.5, 0.6) is 11.5 Å². The molecule has 158 valence electrons. The van der Waals surface area contributed by atoms with Crippen LogP contribution in [-0.2, 0) is 11.3 Å². The molecule has 0 radical (unpaired) electrons. The van der Waals surface area contributed by atoms with Crippen molar-refractivity contribution >= 4 is 22.8 Å². The number of aromatic nitrogens is 3. The Morgan fingerprint density at radius 2 is 2.00 bits per heavy atom. The van der Waals surface area contributed by atoms with E-state index in [1.165, 1.54) is 0 Å². The molecule has 3 heterocycles. The van der Waals surface area contributed by atoms with Crippen LogP contribution in [-0.4, -0.2) is 38.7 Å². The lowest BCUT2D eigenvalue weighted by atomic mass is 9.96. The van der Waals surface area contributed by atoms with E-state index in [0.717, 1.165) is 22.3 Å². The molecule has 8 nitrogen and oxygen atoms in total. The van der Waals surface area contributed by atoms with Gasteiger partial charge in [-0.3, -0.25) is 4.79 Å². The number of nitrogens with one attached hydrogen (secondary N) is 1. The minimum Gasteiger partial charge on any atom is -0.454 e. The molecular formula is C22H26N4O4. The molecule has 1 unspecified atom stereocenters. The Balaban J connectivity index is 1.76. The minimum absolute atomic E-state index is 0.127. The van der Waals surface area contributed by atoms with Crippen molar-refractivity contribution in [1.82, 2.24) is 14.8 Å². The second-order valence-corrected chi connectivity index (χ2v) is 8.58. The predicted octanol–water partition coefficient (Wildman–Crippen LogP) is 3.58. The number of aliphatic hydroxyl groups is 1. The number of anilines is 1. The zero-order valence-corrected chi connectivity index (χ0v) is 17.6. The molecular weight excluding hydrogens is 384 g/mol. The van der Waals surface area contributed by atoms with Gasteiger partial charge < -0.3 is 19.9 Å². The highest BCUT2D eigenvalue weighted by Crippen LogP contribution is 2.37. The van der Waals surface area contributed by atoms with Gasteiger partial charge >= 0.3 is 0 Å². The molecule has 1 atom stereocenters. The molecule has 1 amide bonds. The number of carbonyl (C=O) groups excluding carboxylic acids is 1. The average molecular weight is 410 g/mol. The number of rotatable bonds is 5. The van der Waals surface area contributed by atoms with Crippen LogP contribution in [0.4, 0.5) is 5.82 Å². The third-order valence-electron chi connectivity index (χ3n) is 4.96. The van der Waals surface area contributed by atoms with Gasteiger partial charge in [0, 0.05) is 23.7 Å². The van der Waals surface area contributed by atoms with E-state index in [1.807, 2.05) is 45.0 Å². The molecule has 0 bridgehead atoms. The van der Waals surface area contributed by atoms with Crippen molar-refractivity contribution in [3.8, 4) is 22.6 Å². The highest BCUT2D eigenvalue weighted by atomic mass is 16.7. The van der Waals surface area contributed by atoms with Crippen LogP contribution in [0.3, 0.4) is 0 Å². The Bertz CT molecular complexity index is 1100. The van der Waals surface area contributed by atoms with Crippen molar-refractivity contribution in [3.05, 3.63) is 30.5 Å². The third-order valence-corrected chi connectivity index (χ3v) is 4.96. The van der Waals surface area contributed by atoms with E-state index in [0.29, 0.717) is 30.2 Å². The molecule has 0 fully saturated rings. The number of hydrogen-bond donors (Lipinski definition) is 2. The van der Waals surface area contributed by atoms with Crippen LogP contribution >= 0.6 is 0 Å². The third kappa shape index (κ3) is 3.95. The summed E-state index contributed by atoms with van der Waals surface area (Å²) in [5.74, 6) is 1.75. The summed E-state index contributed by atoms with van der Waals surface area (Å²) in [6.45, 7) is 8.01. The van der Waals surface area contributed by atoms with Gasteiger partial charge in [-0.2, -0.15) is 5.10 Å². The van der Waals surface area contributed by atoms with Gasteiger partial charge in [0.25, 0.3) is 0 Å². The monoisotopic (exact) mass is 410 g/mol. The Hall–Kier alpha value is -3.13. The number of hydrogen-bond acceptors (Lipinski definition) is 6. The Morgan fingerprint density at radius 3 is 2.73 bits per heavy atom. The second kappa shape index (κ2) is 7.60. The number of carbonyl (C=O) groups is 1. The molecule has 0 saturated carbocycles. The zero-order chi connectivity index (χ0) is 21.5. The first-order valence-corrected chi connectivity index (χ1v) is 9.98. The van der Waals surface area contributed by atoms with Crippen LogP contribution in [0.25, 0.3) is 22.2 Å². The number of benzene rings is 1. The quantitative estimate of drug-likeness (QED) is 0.667. The lowest BCUT2D eigenvalue weighted by Gasteiger charge is -2.16. The summed E-state index contributed by atoms with van der Waals surface area (Å²) >= 11 is 0. The van der Waals surface area contributed by atoms with Crippen molar-refractivity contribution in [2.24, 2.45) is 5.41 Å². The van der Waals surface area contributed by atoms with Crippen molar-refractivity contribution in [2.75, 3.05) is 12.1 Å². The van der Waals surface area contributed by atoms with Crippen molar-refractivity contribution in [1.29, 1.82) is 0 Å². The number of pyridine rings is 1. The van der Waals surface area contributed by atoms with Crippen LogP contribution < -0.4 is 14.8 Å². The summed E-state index contributed by atoms with van der Waals surface area (Å²) in [6, 6.07) is 7.69. The van der Waals surface area contributed by atoms with Gasteiger partial charge in [-0.1, -0.05) is 26.8 Å². The van der Waals surface area contributed by atoms with E-state index in [9.17, 15) is 9.90 Å². The number of fused-ring (bicyclic) bond motifs is 2. The molecule has 1 aliphatic rings. The molecule has 3 aromatic rings. The maximum atomic E-state index is 12.6. The van der Waals surface area contributed by atoms with Crippen LogP contribution in [0.15, 0.2) is 30.5 Å². The molecule has 2 N–H and O–H groups in total. The minimum atomic E-state index is -0.557. The average Bonchev–Trinajstić information content (AvgIpc) is 3.29. The number of aryl methyl sites for hydroxylation is 1. The van der Waals surface area contributed by atoms with E-state index in [4.69, 9.17) is 9.47 Å². The van der Waals surface area contributed by atoms with E-state index in [-0.39, 0.29) is 12.7 Å². The topological polar surface area (TPSA) is 98.5 Å². The molecule has 1 aliphatic heterocycles. The highest BCUT2D eigenvalue weighted by molar-refractivity contribution is 6.01. The number of nitrogens with zero attached hydrogens (tertiary/aromatic N) is 3. The molecule has 0 aliphatic carbocycles. The number of aliphatic hydroxyl groups excluding tert-OH is 1. The van der Waals surface area contributed by atoms with Crippen LogP contribution in [0.2, 0.25) is 0 Å². The first-order valence-electron chi connectivity index (χ1n) is 9.98. The fraction of sp³-hybridized carbons (Fsp3) is 0.409. The van der Waals surface area contributed by atoms with E-state index >= 15 is 0 Å². The summed E-state index contributed by atoms with van der Waals surface area (Å²) in [4.78, 5) is 17.2. The van der Waals surface area contributed by atoms with Gasteiger partial charge in [-0.05, 0) is 37.1 Å². The smallest absolute Gasteiger partial charge is 0.231 e. The van der Waals surface area contributed by atoms with E-state index in [2.05, 4.69) is 15.4 Å². The Morgan fingerprint density at radius 1 is 1.23 bits per heavy atom. The predicted molar refractivity (Wildman–Crippen MR) is 113 cm³/mol. The van der Waals surface area contributed by atoms with Gasteiger partial charge in [0.15, 0.2) is 23.0 Å². The Kier molecular flexibility index (Phi) is 5.11. The van der Waals surface area contributed by atoms with Crippen LogP contribution in [0, 0.1) is 5.41 Å². The highest BCUT2D eigenvalue weighted by Gasteiger charge is 2.24. The van der Waals surface area contributed by atoms with Gasteiger partial charge in [0.05, 0.1) is 11.5 Å². The molecule has 8 heteroatoms. The number of ether oxygens (including phenoxy) is 2. The van der Waals surface area contributed by atoms with Crippen molar-refractivity contribution in [3.63, 3.8) is 0 Å². The molecule has 4 rings (SSSR count). The van der Waals surface area contributed by atoms with Crippen molar-refractivity contribution in [2.45, 2.75) is 46.8 Å². The zero-order valence-electron chi connectivity index (χ0n) is 17.6. The largest absolute Gasteiger partial charge is 0.454 e. The normalized spacial score (nSPS) is 14.2. The fourth-order valence-corrected chi connectivity index (χ4v) is 3.15. The lowest BCUT2D eigenvalue weighted by Crippen LogP contribution is -2.28. The standard InChI is InChI=1S/C22H26N4O4/c1-13(27)7-8-26-20-16(19(25-26)24-21(28)22(2,3)4)9-15(11-23-20)14-5-6-17-18(10-14)30-12-29-17/h5-6,9-11,13,27H,7-8,12H2,1-4H3,(H,24,25,28). The van der Waals surface area contributed by atoms with Gasteiger partial charge in [0.1, 0.15) is 0 Å². The van der Waals surface area contributed by atoms with Gasteiger partial charge in [-0.25, -0.2) is 9.67 Å². The summed E-state index contributed by atoms with van der Waals surface area (Å²) in [6.07, 6.45) is 1.86. The van der Waals surface area contributed by atoms with Gasteiger partial charge in [0.2, 0.25) is 12.7 Å². The number of amides is 1. The summed E-state index contributed by atoms with van der Waals surface area (Å²) in [7, 11) is 0. The van der Waals surface area contributed by atoms with Gasteiger partial charge in [-0.15, -0.1) is 0 Å². The molecule has 0 spiro atoms. The van der Waals surface area contributed by atoms with Crippen molar-refractivity contribution < 1.29 is 19.4 Å². The van der Waals surface area contributed by atoms with Crippen LogP contribution in [0.1, 0.15) is 34.1 Å². The maximum absolute atomic E-state index is 12.6. The Labute approximate surface area is 174 Å².